The third-order valence-electron chi connectivity index (χ3n) is 6.87. The summed E-state index contributed by atoms with van der Waals surface area (Å²) in [6.07, 6.45) is 6.03. The van der Waals surface area contributed by atoms with Crippen molar-refractivity contribution >= 4 is 40.7 Å². The third-order valence-corrected chi connectivity index (χ3v) is 7.26. The van der Waals surface area contributed by atoms with Gasteiger partial charge in [0.25, 0.3) is 17.7 Å². The number of H-pyrrole nitrogens is 1. The Kier molecular flexibility index (Phi) is 6.88. The summed E-state index contributed by atoms with van der Waals surface area (Å²) in [7, 11) is 0. The Morgan fingerprint density at radius 1 is 1.00 bits per heavy atom. The number of carbonyl (C=O) groups is 3. The van der Waals surface area contributed by atoms with Crippen molar-refractivity contribution in [1.29, 1.82) is 0 Å². The Balaban J connectivity index is 1.19. The number of imidazole rings is 1. The Bertz CT molecular complexity index is 1230. The summed E-state index contributed by atoms with van der Waals surface area (Å²) in [5.74, 6) is -1.22. The van der Waals surface area contributed by atoms with E-state index in [9.17, 15) is 18.8 Å². The van der Waals surface area contributed by atoms with Crippen molar-refractivity contribution in [2.75, 3.05) is 30.3 Å². The number of piperidine rings is 3. The first-order chi connectivity index (χ1) is 17.4. The number of halogens is 2. The zero-order chi connectivity index (χ0) is 25.2. The smallest absolute Gasteiger partial charge is 0.276 e. The van der Waals surface area contributed by atoms with Crippen molar-refractivity contribution in [3.8, 4) is 0 Å². The van der Waals surface area contributed by atoms with Crippen LogP contribution in [-0.2, 0) is 4.79 Å². The van der Waals surface area contributed by atoms with Crippen LogP contribution in [0.5, 0.6) is 0 Å². The Morgan fingerprint density at radius 2 is 1.67 bits per heavy atom. The van der Waals surface area contributed by atoms with Crippen LogP contribution in [0.3, 0.4) is 0 Å². The molecule has 2 bridgehead atoms. The van der Waals surface area contributed by atoms with Gasteiger partial charge in [0.2, 0.25) is 0 Å². The maximum Gasteiger partial charge on any atom is 0.276 e. The molecule has 2 atom stereocenters. The molecule has 2 unspecified atom stereocenters. The van der Waals surface area contributed by atoms with E-state index in [1.54, 1.807) is 24.3 Å². The molecule has 0 spiro atoms. The van der Waals surface area contributed by atoms with E-state index in [-0.39, 0.29) is 41.2 Å². The molecule has 3 amide bonds. The van der Waals surface area contributed by atoms with Crippen LogP contribution in [0.4, 0.5) is 15.8 Å². The van der Waals surface area contributed by atoms with Gasteiger partial charge >= 0.3 is 0 Å². The Labute approximate surface area is 212 Å². The van der Waals surface area contributed by atoms with Crippen LogP contribution in [0.2, 0.25) is 0 Å². The molecular weight excluding hydrogens is 487 g/mol. The number of anilines is 2. The summed E-state index contributed by atoms with van der Waals surface area (Å²) in [6, 6.07) is 6.51. The standard InChI is InChI=1S/C25H26ClFN6O3/c26-19-11-15(27)1-6-18(19)23(34)30-16-2-4-17(5-3-16)31-24(35)21-22(29-13-28-21)25(36)32-20-12-33-9-7-14(20)8-10-33/h1-6,13-14,19-20H,7-12H2,(H,28,29)(H,30,34)(H,31,35)(H,32,36). The number of hydrogen-bond acceptors (Lipinski definition) is 5. The van der Waals surface area contributed by atoms with Gasteiger partial charge in [-0.1, -0.05) is 0 Å². The minimum Gasteiger partial charge on any atom is -0.346 e. The number of carbonyl (C=O) groups excluding carboxylic acids is 3. The number of nitrogens with zero attached hydrogens (tertiary/aromatic N) is 2. The second-order valence-corrected chi connectivity index (χ2v) is 9.76. The van der Waals surface area contributed by atoms with E-state index in [1.807, 2.05) is 0 Å². The molecule has 0 saturated carbocycles. The lowest BCUT2D eigenvalue weighted by molar-refractivity contribution is -0.113. The normalized spacial score (nSPS) is 24.9. The summed E-state index contributed by atoms with van der Waals surface area (Å²) in [5.41, 5.74) is 1.34. The van der Waals surface area contributed by atoms with Gasteiger partial charge in [-0.25, -0.2) is 9.37 Å². The monoisotopic (exact) mass is 512 g/mol. The molecular formula is C25H26ClFN6O3. The molecule has 6 rings (SSSR count). The number of benzene rings is 1. The number of nitrogens with one attached hydrogen (secondary N) is 4. The van der Waals surface area contributed by atoms with Gasteiger partial charge < -0.3 is 25.8 Å². The highest BCUT2D eigenvalue weighted by molar-refractivity contribution is 6.27. The minimum atomic E-state index is -0.737. The maximum absolute atomic E-state index is 13.3. The van der Waals surface area contributed by atoms with E-state index in [4.69, 9.17) is 11.6 Å². The van der Waals surface area contributed by atoms with E-state index in [0.717, 1.165) is 32.5 Å². The van der Waals surface area contributed by atoms with E-state index < -0.39 is 17.2 Å². The average molecular weight is 513 g/mol. The first-order valence-electron chi connectivity index (χ1n) is 11.9. The fraction of sp³-hybridized carbons (Fsp3) is 0.360. The van der Waals surface area contributed by atoms with Gasteiger partial charge in [-0.3, -0.25) is 14.4 Å². The summed E-state index contributed by atoms with van der Waals surface area (Å²) >= 11 is 6.08. The van der Waals surface area contributed by atoms with Crippen LogP contribution in [-0.4, -0.2) is 63.6 Å². The molecule has 11 heteroatoms. The molecule has 4 aliphatic rings. The molecule has 2 aromatic rings. The molecule has 1 aromatic heterocycles. The molecule has 0 radical (unpaired) electrons. The van der Waals surface area contributed by atoms with Crippen molar-refractivity contribution in [2.45, 2.75) is 30.7 Å². The molecule has 1 aromatic carbocycles. The zero-order valence-electron chi connectivity index (χ0n) is 19.4. The first kappa shape index (κ1) is 24.2. The quantitative estimate of drug-likeness (QED) is 0.443. The predicted molar refractivity (Wildman–Crippen MR) is 134 cm³/mol. The minimum absolute atomic E-state index is 0.00355. The van der Waals surface area contributed by atoms with Crippen LogP contribution >= 0.6 is 11.6 Å². The number of amides is 3. The molecule has 3 saturated heterocycles. The van der Waals surface area contributed by atoms with Crippen molar-refractivity contribution in [1.82, 2.24) is 20.2 Å². The highest BCUT2D eigenvalue weighted by atomic mass is 35.5. The fourth-order valence-corrected chi connectivity index (χ4v) is 5.21. The lowest BCUT2D eigenvalue weighted by Crippen LogP contribution is -2.57. The van der Waals surface area contributed by atoms with Crippen molar-refractivity contribution in [3.63, 3.8) is 0 Å². The molecule has 3 fully saturated rings. The summed E-state index contributed by atoms with van der Waals surface area (Å²) in [6.45, 7) is 2.96. The second-order valence-electron chi connectivity index (χ2n) is 9.24. The molecule has 3 aliphatic heterocycles. The number of fused-ring (bicyclic) bond motifs is 3. The average Bonchev–Trinajstić information content (AvgIpc) is 3.36. The van der Waals surface area contributed by atoms with Gasteiger partial charge in [-0.15, -0.1) is 11.6 Å². The predicted octanol–water partition coefficient (Wildman–Crippen LogP) is 3.22. The van der Waals surface area contributed by atoms with E-state index >= 15 is 0 Å². The topological polar surface area (TPSA) is 119 Å². The largest absolute Gasteiger partial charge is 0.346 e. The van der Waals surface area contributed by atoms with Crippen molar-refractivity contribution in [3.05, 3.63) is 65.5 Å². The van der Waals surface area contributed by atoms with Crippen molar-refractivity contribution in [2.24, 2.45) is 5.92 Å². The Morgan fingerprint density at radius 3 is 2.28 bits per heavy atom. The molecule has 4 heterocycles. The summed E-state index contributed by atoms with van der Waals surface area (Å²) < 4.78 is 13.3. The highest BCUT2D eigenvalue weighted by Gasteiger charge is 2.35. The number of aromatic amines is 1. The number of rotatable bonds is 6. The van der Waals surface area contributed by atoms with E-state index in [0.29, 0.717) is 17.3 Å². The lowest BCUT2D eigenvalue weighted by atomic mass is 9.84. The summed E-state index contributed by atoms with van der Waals surface area (Å²) in [5, 5.41) is 7.75. The van der Waals surface area contributed by atoms with Crippen LogP contribution in [0.25, 0.3) is 0 Å². The number of allylic oxidation sites excluding steroid dienone is 3. The van der Waals surface area contributed by atoms with Crippen LogP contribution in [0.1, 0.15) is 40.2 Å². The van der Waals surface area contributed by atoms with Crippen LogP contribution in [0.15, 0.2) is 54.1 Å². The van der Waals surface area contributed by atoms with Crippen LogP contribution in [0, 0.1) is 5.92 Å². The van der Waals surface area contributed by atoms with Crippen LogP contribution < -0.4 is 16.0 Å². The number of hydrogen-bond donors (Lipinski definition) is 4. The zero-order valence-corrected chi connectivity index (χ0v) is 20.1. The highest BCUT2D eigenvalue weighted by Crippen LogP contribution is 2.28. The maximum atomic E-state index is 13.3. The van der Waals surface area contributed by atoms with Gasteiger partial charge in [0, 0.05) is 36.0 Å². The van der Waals surface area contributed by atoms with Gasteiger partial charge in [-0.05, 0) is 68.3 Å². The number of aromatic nitrogens is 2. The Hall–Kier alpha value is -3.50. The first-order valence-corrected chi connectivity index (χ1v) is 12.3. The van der Waals surface area contributed by atoms with Gasteiger partial charge in [0.1, 0.15) is 11.5 Å². The van der Waals surface area contributed by atoms with Crippen molar-refractivity contribution < 1.29 is 18.8 Å². The van der Waals surface area contributed by atoms with E-state index in [1.165, 1.54) is 18.5 Å². The molecule has 1 aliphatic carbocycles. The molecule has 9 nitrogen and oxygen atoms in total. The third kappa shape index (κ3) is 5.19. The van der Waals surface area contributed by atoms with E-state index in [2.05, 4.69) is 30.8 Å². The molecule has 36 heavy (non-hydrogen) atoms. The SMILES string of the molecule is O=C(Nc1ccc(NC(=O)c2nc[nH]c2C(=O)NC2CN3CCC2CC3)cc1)C1=CC=C(F)CC1Cl. The fourth-order valence-electron chi connectivity index (χ4n) is 4.89. The van der Waals surface area contributed by atoms with Gasteiger partial charge in [0.05, 0.1) is 11.7 Å². The molecule has 4 N–H and O–H groups in total. The molecule has 188 valence electrons. The lowest BCUT2D eigenvalue weighted by Gasteiger charge is -2.44. The van der Waals surface area contributed by atoms with Gasteiger partial charge in [-0.2, -0.15) is 0 Å². The summed E-state index contributed by atoms with van der Waals surface area (Å²) in [4.78, 5) is 47.4. The second kappa shape index (κ2) is 10.2. The number of alkyl halides is 1. The van der Waals surface area contributed by atoms with Gasteiger partial charge in [0.15, 0.2) is 5.69 Å².